The van der Waals surface area contributed by atoms with Crippen molar-refractivity contribution in [1.29, 1.82) is 0 Å². The molecule has 1 aliphatic rings. The summed E-state index contributed by atoms with van der Waals surface area (Å²) in [5.41, 5.74) is 0. The van der Waals surface area contributed by atoms with E-state index in [1.807, 2.05) is 12.2 Å². The van der Waals surface area contributed by atoms with Gasteiger partial charge in [-0.25, -0.2) is 0 Å². The molecule has 0 heterocycles. The molecule has 47 valence electrons. The van der Waals surface area contributed by atoms with Gasteiger partial charge in [0.05, 0.1) is 0 Å². The molecule has 1 radical (unpaired) electrons. The number of rotatable bonds is 0. The Morgan fingerprint density at radius 1 is 1.38 bits per heavy atom. The molecule has 0 unspecified atom stereocenters. The number of halogens is 1. The van der Waals surface area contributed by atoms with Crippen molar-refractivity contribution in [3.63, 3.8) is 0 Å². The average Bonchev–Trinajstić information content (AvgIpc) is 1.69. The van der Waals surface area contributed by atoms with Gasteiger partial charge in [0.15, 0.2) is 0 Å². The fourth-order valence-electron chi connectivity index (χ4n) is 0.581. The zero-order chi connectivity index (χ0) is 5.11. The van der Waals surface area contributed by atoms with Crippen molar-refractivity contribution in [3.05, 3.63) is 23.3 Å². The molecule has 0 amide bonds. The largest absolute Gasteiger partial charge is 0.0847 e. The fraction of sp³-hybridized carbons (Fsp3) is 0.333. The van der Waals surface area contributed by atoms with Crippen LogP contribution in [0.25, 0.3) is 0 Å². The zero-order valence-corrected chi connectivity index (χ0v) is 6.75. The summed E-state index contributed by atoms with van der Waals surface area (Å²) in [6.45, 7) is 0. The maximum atomic E-state index is 5.59. The molecular weight excluding hydrogens is 210 g/mol. The van der Waals surface area contributed by atoms with Crippen molar-refractivity contribution in [1.82, 2.24) is 0 Å². The van der Waals surface area contributed by atoms with Gasteiger partial charge < -0.3 is 0 Å². The van der Waals surface area contributed by atoms with Crippen LogP contribution in [0.15, 0.2) is 23.3 Å². The van der Waals surface area contributed by atoms with Gasteiger partial charge in [-0.15, -0.1) is 0 Å². The summed E-state index contributed by atoms with van der Waals surface area (Å²) < 4.78 is 0. The maximum Gasteiger partial charge on any atom is 0.0363 e. The third-order valence-corrected chi connectivity index (χ3v) is 1.23. The summed E-state index contributed by atoms with van der Waals surface area (Å²) in [5, 5.41) is 0.881. The van der Waals surface area contributed by atoms with Crippen LogP contribution in [-0.4, -0.2) is 0 Å². The molecule has 1 rings (SSSR count). The first-order valence-corrected chi connectivity index (χ1v) is 2.79. The molecule has 0 saturated heterocycles. The maximum absolute atomic E-state index is 5.59. The fourth-order valence-corrected chi connectivity index (χ4v) is 0.780. The summed E-state index contributed by atoms with van der Waals surface area (Å²) in [7, 11) is 0. The first kappa shape index (κ1) is 8.39. The summed E-state index contributed by atoms with van der Waals surface area (Å²) in [6, 6.07) is 0. The van der Waals surface area contributed by atoms with E-state index < -0.39 is 0 Å². The van der Waals surface area contributed by atoms with E-state index in [1.165, 1.54) is 0 Å². The van der Waals surface area contributed by atoms with Gasteiger partial charge in [0.1, 0.15) is 0 Å². The Hall–Kier alpha value is 0.393. The van der Waals surface area contributed by atoms with E-state index in [0.29, 0.717) is 0 Å². The van der Waals surface area contributed by atoms with Gasteiger partial charge in [-0.1, -0.05) is 23.8 Å². The van der Waals surface area contributed by atoms with Crippen LogP contribution < -0.4 is 0 Å². The van der Waals surface area contributed by atoms with Gasteiger partial charge in [-0.05, 0) is 18.9 Å². The van der Waals surface area contributed by atoms with Crippen molar-refractivity contribution in [3.8, 4) is 0 Å². The Bertz CT molecular complexity index is 116. The van der Waals surface area contributed by atoms with Gasteiger partial charge in [-0.3, -0.25) is 0 Å². The van der Waals surface area contributed by atoms with Crippen molar-refractivity contribution in [2.45, 2.75) is 12.8 Å². The van der Waals surface area contributed by atoms with Crippen molar-refractivity contribution in [2.75, 3.05) is 0 Å². The van der Waals surface area contributed by atoms with Crippen molar-refractivity contribution in [2.24, 2.45) is 0 Å². The van der Waals surface area contributed by atoms with E-state index in [1.54, 1.807) is 0 Å². The topological polar surface area (TPSA) is 0 Å². The molecule has 0 aromatic carbocycles. The Morgan fingerprint density at radius 2 is 2.12 bits per heavy atom. The third kappa shape index (κ3) is 2.64. The Kier molecular flexibility index (Phi) is 4.50. The second kappa shape index (κ2) is 4.29. The van der Waals surface area contributed by atoms with Crippen LogP contribution in [0.1, 0.15) is 12.8 Å². The van der Waals surface area contributed by atoms with E-state index in [2.05, 4.69) is 6.08 Å². The van der Waals surface area contributed by atoms with Crippen LogP contribution >= 0.6 is 11.6 Å². The number of hydrogen-bond acceptors (Lipinski definition) is 0. The van der Waals surface area contributed by atoms with Crippen LogP contribution in [0.5, 0.6) is 0 Å². The van der Waals surface area contributed by atoms with E-state index in [-0.39, 0.29) is 19.5 Å². The Labute approximate surface area is 67.4 Å². The molecule has 0 aromatic heterocycles. The van der Waals surface area contributed by atoms with Crippen molar-refractivity contribution < 1.29 is 19.5 Å². The molecule has 0 bridgehead atoms. The molecule has 8 heavy (non-hydrogen) atoms. The molecule has 0 saturated carbocycles. The predicted molar refractivity (Wildman–Crippen MR) is 32.3 cm³/mol. The molecular formula is C6H7ClRh. The van der Waals surface area contributed by atoms with E-state index in [4.69, 9.17) is 11.6 Å². The minimum absolute atomic E-state index is 0. The summed E-state index contributed by atoms with van der Waals surface area (Å²) in [5.74, 6) is 0. The third-order valence-electron chi connectivity index (χ3n) is 0.950. The smallest absolute Gasteiger partial charge is 0.0363 e. The van der Waals surface area contributed by atoms with Crippen LogP contribution in [0.2, 0.25) is 0 Å². The molecule has 0 aliphatic heterocycles. The van der Waals surface area contributed by atoms with Gasteiger partial charge in [0, 0.05) is 24.5 Å². The first-order chi connectivity index (χ1) is 3.39. The molecule has 0 aromatic rings. The quantitative estimate of drug-likeness (QED) is 0.547. The summed E-state index contributed by atoms with van der Waals surface area (Å²) in [6.07, 6.45) is 8.31. The normalized spacial score (nSPS) is 16.9. The second-order valence-electron chi connectivity index (χ2n) is 1.57. The molecule has 0 spiro atoms. The Morgan fingerprint density at radius 3 is 2.38 bits per heavy atom. The van der Waals surface area contributed by atoms with Crippen LogP contribution in [0.3, 0.4) is 0 Å². The summed E-state index contributed by atoms with van der Waals surface area (Å²) in [4.78, 5) is 0. The second-order valence-corrected chi connectivity index (χ2v) is 2.01. The minimum Gasteiger partial charge on any atom is -0.0847 e. The standard InChI is InChI=1S/C6H7Cl.Rh/c7-6-4-2-1-3-5-6;/h2,4-5H,1,3H2;. The van der Waals surface area contributed by atoms with Gasteiger partial charge in [0.25, 0.3) is 0 Å². The monoisotopic (exact) mass is 217 g/mol. The average molecular weight is 217 g/mol. The van der Waals surface area contributed by atoms with Gasteiger partial charge in [-0.2, -0.15) is 0 Å². The first-order valence-electron chi connectivity index (χ1n) is 2.42. The van der Waals surface area contributed by atoms with Gasteiger partial charge in [0.2, 0.25) is 0 Å². The predicted octanol–water partition coefficient (Wildman–Crippen LogP) is 2.46. The van der Waals surface area contributed by atoms with Crippen LogP contribution in [0.4, 0.5) is 0 Å². The molecule has 2 heteroatoms. The van der Waals surface area contributed by atoms with E-state index >= 15 is 0 Å². The van der Waals surface area contributed by atoms with Crippen LogP contribution in [0, 0.1) is 0 Å². The van der Waals surface area contributed by atoms with Crippen LogP contribution in [-0.2, 0) is 19.5 Å². The Balaban J connectivity index is 0.000000490. The molecule has 0 nitrogen and oxygen atoms in total. The number of hydrogen-bond donors (Lipinski definition) is 0. The zero-order valence-electron chi connectivity index (χ0n) is 4.36. The van der Waals surface area contributed by atoms with Gasteiger partial charge >= 0.3 is 0 Å². The minimum atomic E-state index is 0. The number of allylic oxidation sites excluding steroid dienone is 4. The summed E-state index contributed by atoms with van der Waals surface area (Å²) >= 11 is 5.59. The van der Waals surface area contributed by atoms with Crippen molar-refractivity contribution >= 4 is 11.6 Å². The van der Waals surface area contributed by atoms with E-state index in [9.17, 15) is 0 Å². The molecule has 1 aliphatic carbocycles. The molecule has 0 N–H and O–H groups in total. The molecule has 0 fully saturated rings. The van der Waals surface area contributed by atoms with E-state index in [0.717, 1.165) is 17.9 Å². The molecule has 0 atom stereocenters. The SMILES string of the molecule is ClC1=CCCC=C1.[Rh].